The Morgan fingerprint density at radius 2 is 2.04 bits per heavy atom. The molecule has 0 saturated carbocycles. The van der Waals surface area contributed by atoms with Gasteiger partial charge < -0.3 is 5.32 Å². The SMILES string of the molecule is Cc1nnsc1C(=O)NCCn1nc(-c2ccccc2)n(C)c1=O. The van der Waals surface area contributed by atoms with E-state index in [2.05, 4.69) is 20.0 Å². The van der Waals surface area contributed by atoms with Crippen LogP contribution in [0.25, 0.3) is 11.4 Å². The molecule has 2 aromatic heterocycles. The van der Waals surface area contributed by atoms with E-state index in [1.807, 2.05) is 30.3 Å². The van der Waals surface area contributed by atoms with Gasteiger partial charge in [0, 0.05) is 19.2 Å². The predicted octanol–water partition coefficient (Wildman–Crippen LogP) is 0.839. The number of aryl methyl sites for hydroxylation is 1. The maximum Gasteiger partial charge on any atom is 0.345 e. The van der Waals surface area contributed by atoms with Crippen molar-refractivity contribution in [3.05, 3.63) is 51.4 Å². The molecule has 0 atom stereocenters. The minimum absolute atomic E-state index is 0.223. The van der Waals surface area contributed by atoms with Crippen molar-refractivity contribution in [1.82, 2.24) is 29.3 Å². The topological polar surface area (TPSA) is 94.7 Å². The quantitative estimate of drug-likeness (QED) is 0.740. The van der Waals surface area contributed by atoms with Gasteiger partial charge in [-0.15, -0.1) is 10.2 Å². The molecule has 0 aliphatic rings. The second-order valence-corrected chi connectivity index (χ2v) is 5.95. The highest BCUT2D eigenvalue weighted by atomic mass is 32.1. The summed E-state index contributed by atoms with van der Waals surface area (Å²) in [5, 5.41) is 10.9. The molecule has 1 aromatic carbocycles. The van der Waals surface area contributed by atoms with E-state index in [1.165, 1.54) is 9.25 Å². The van der Waals surface area contributed by atoms with E-state index in [1.54, 1.807) is 14.0 Å². The Morgan fingerprint density at radius 3 is 2.71 bits per heavy atom. The molecule has 0 bridgehead atoms. The number of benzene rings is 1. The number of amides is 1. The molecule has 9 heteroatoms. The number of nitrogens with zero attached hydrogens (tertiary/aromatic N) is 5. The van der Waals surface area contributed by atoms with Crippen LogP contribution < -0.4 is 11.0 Å². The van der Waals surface area contributed by atoms with Crippen LogP contribution in [0.3, 0.4) is 0 Å². The zero-order chi connectivity index (χ0) is 17.1. The molecule has 3 rings (SSSR count). The fourth-order valence-electron chi connectivity index (χ4n) is 2.27. The van der Waals surface area contributed by atoms with Crippen LogP contribution >= 0.6 is 11.5 Å². The molecule has 24 heavy (non-hydrogen) atoms. The first-order chi connectivity index (χ1) is 11.6. The monoisotopic (exact) mass is 344 g/mol. The van der Waals surface area contributed by atoms with Gasteiger partial charge in [0.2, 0.25) is 0 Å². The molecule has 8 nitrogen and oxygen atoms in total. The van der Waals surface area contributed by atoms with E-state index in [0.717, 1.165) is 17.1 Å². The molecule has 0 aliphatic carbocycles. The first-order valence-corrected chi connectivity index (χ1v) is 8.11. The largest absolute Gasteiger partial charge is 0.349 e. The fourth-order valence-corrected chi connectivity index (χ4v) is 2.84. The Morgan fingerprint density at radius 1 is 1.29 bits per heavy atom. The van der Waals surface area contributed by atoms with Crippen LogP contribution in [0.5, 0.6) is 0 Å². The summed E-state index contributed by atoms with van der Waals surface area (Å²) in [4.78, 5) is 24.7. The van der Waals surface area contributed by atoms with Crippen molar-refractivity contribution in [2.45, 2.75) is 13.5 Å². The van der Waals surface area contributed by atoms with Crippen molar-refractivity contribution >= 4 is 17.4 Å². The zero-order valence-corrected chi connectivity index (χ0v) is 14.1. The number of hydrogen-bond donors (Lipinski definition) is 1. The van der Waals surface area contributed by atoms with E-state index in [-0.39, 0.29) is 18.1 Å². The van der Waals surface area contributed by atoms with Crippen LogP contribution in [0.2, 0.25) is 0 Å². The second kappa shape index (κ2) is 6.75. The lowest BCUT2D eigenvalue weighted by Crippen LogP contribution is -2.31. The number of rotatable bonds is 5. The maximum atomic E-state index is 12.3. The summed E-state index contributed by atoms with van der Waals surface area (Å²) in [6.07, 6.45) is 0. The highest BCUT2D eigenvalue weighted by molar-refractivity contribution is 7.07. The van der Waals surface area contributed by atoms with Gasteiger partial charge in [-0.1, -0.05) is 34.8 Å². The van der Waals surface area contributed by atoms with Crippen LogP contribution in [0, 0.1) is 6.92 Å². The van der Waals surface area contributed by atoms with E-state index >= 15 is 0 Å². The lowest BCUT2D eigenvalue weighted by Gasteiger charge is -2.03. The molecule has 0 spiro atoms. The van der Waals surface area contributed by atoms with Gasteiger partial charge in [0.05, 0.1) is 12.2 Å². The third kappa shape index (κ3) is 3.11. The Kier molecular flexibility index (Phi) is 4.52. The van der Waals surface area contributed by atoms with Gasteiger partial charge in [-0.05, 0) is 18.5 Å². The van der Waals surface area contributed by atoms with Crippen LogP contribution in [-0.2, 0) is 13.6 Å². The lowest BCUT2D eigenvalue weighted by atomic mass is 10.2. The summed E-state index contributed by atoms with van der Waals surface area (Å²) in [5.74, 6) is 0.351. The number of aromatic nitrogens is 5. The average molecular weight is 344 g/mol. The molecule has 1 amide bonds. The van der Waals surface area contributed by atoms with E-state index < -0.39 is 0 Å². The number of carbonyl (C=O) groups is 1. The van der Waals surface area contributed by atoms with Gasteiger partial charge >= 0.3 is 5.69 Å². The third-order valence-electron chi connectivity index (χ3n) is 3.54. The first-order valence-electron chi connectivity index (χ1n) is 7.34. The first kappa shape index (κ1) is 16.1. The van der Waals surface area contributed by atoms with Crippen LogP contribution in [0.1, 0.15) is 15.4 Å². The zero-order valence-electron chi connectivity index (χ0n) is 13.3. The molecule has 0 fully saturated rings. The van der Waals surface area contributed by atoms with E-state index in [9.17, 15) is 9.59 Å². The normalized spacial score (nSPS) is 10.8. The minimum atomic E-state index is -0.241. The standard InChI is InChI=1S/C15H16N6O2S/c1-10-12(24-19-17-10)14(22)16-8-9-21-15(23)20(2)13(18-21)11-6-4-3-5-7-11/h3-7H,8-9H2,1-2H3,(H,16,22). The summed E-state index contributed by atoms with van der Waals surface area (Å²) in [6, 6.07) is 9.49. The van der Waals surface area contributed by atoms with Crippen molar-refractivity contribution < 1.29 is 4.79 Å². The molecule has 3 aromatic rings. The summed E-state index contributed by atoms with van der Waals surface area (Å²) in [6.45, 7) is 2.31. The van der Waals surface area contributed by atoms with Crippen LogP contribution in [-0.4, -0.2) is 36.4 Å². The van der Waals surface area contributed by atoms with Crippen molar-refractivity contribution in [1.29, 1.82) is 0 Å². The van der Waals surface area contributed by atoms with Crippen molar-refractivity contribution in [2.75, 3.05) is 6.54 Å². The molecule has 0 radical (unpaired) electrons. The number of hydrogen-bond acceptors (Lipinski definition) is 6. The van der Waals surface area contributed by atoms with Gasteiger partial charge in [0.25, 0.3) is 5.91 Å². The maximum absolute atomic E-state index is 12.3. The fraction of sp³-hybridized carbons (Fsp3) is 0.267. The second-order valence-electron chi connectivity index (χ2n) is 5.20. The molecule has 0 unspecified atom stereocenters. The van der Waals surface area contributed by atoms with Crippen LogP contribution in [0.15, 0.2) is 35.1 Å². The lowest BCUT2D eigenvalue weighted by molar-refractivity contribution is 0.0955. The highest BCUT2D eigenvalue weighted by Gasteiger charge is 2.14. The summed E-state index contributed by atoms with van der Waals surface area (Å²) < 4.78 is 6.57. The number of nitrogens with one attached hydrogen (secondary N) is 1. The van der Waals surface area contributed by atoms with Gasteiger partial charge in [-0.2, -0.15) is 0 Å². The molecule has 2 heterocycles. The molecule has 1 N–H and O–H groups in total. The van der Waals surface area contributed by atoms with Crippen molar-refractivity contribution in [2.24, 2.45) is 7.05 Å². The van der Waals surface area contributed by atoms with E-state index in [4.69, 9.17) is 0 Å². The number of carbonyl (C=O) groups excluding carboxylic acids is 1. The van der Waals surface area contributed by atoms with Crippen molar-refractivity contribution in [3.63, 3.8) is 0 Å². The van der Waals surface area contributed by atoms with Gasteiger partial charge in [0.1, 0.15) is 4.88 Å². The third-order valence-corrected chi connectivity index (χ3v) is 4.37. The molecular weight excluding hydrogens is 328 g/mol. The highest BCUT2D eigenvalue weighted by Crippen LogP contribution is 2.13. The summed E-state index contributed by atoms with van der Waals surface area (Å²) >= 11 is 1.05. The molecular formula is C15H16N6O2S. The minimum Gasteiger partial charge on any atom is -0.349 e. The smallest absolute Gasteiger partial charge is 0.345 e. The summed E-state index contributed by atoms with van der Waals surface area (Å²) in [5.41, 5.74) is 1.24. The molecule has 124 valence electrons. The Labute approximate surface area is 141 Å². The van der Waals surface area contributed by atoms with Crippen molar-refractivity contribution in [3.8, 4) is 11.4 Å². The van der Waals surface area contributed by atoms with Crippen LogP contribution in [0.4, 0.5) is 0 Å². The van der Waals surface area contributed by atoms with Gasteiger partial charge in [-0.3, -0.25) is 9.36 Å². The Hall–Kier alpha value is -2.81. The van der Waals surface area contributed by atoms with Gasteiger partial charge in [-0.25, -0.2) is 9.48 Å². The molecule has 0 saturated heterocycles. The Balaban J connectivity index is 1.69. The average Bonchev–Trinajstić information content (AvgIpc) is 3.14. The van der Waals surface area contributed by atoms with E-state index in [0.29, 0.717) is 22.9 Å². The Bertz CT molecular complexity index is 912. The summed E-state index contributed by atoms with van der Waals surface area (Å²) in [7, 11) is 1.68. The molecule has 0 aliphatic heterocycles. The van der Waals surface area contributed by atoms with Gasteiger partial charge in [0.15, 0.2) is 5.82 Å². The predicted molar refractivity (Wildman–Crippen MR) is 89.9 cm³/mol.